The van der Waals surface area contributed by atoms with Crippen molar-refractivity contribution in [3.8, 4) is 11.1 Å². The molecule has 0 spiro atoms. The van der Waals surface area contributed by atoms with E-state index < -0.39 is 58.0 Å². The van der Waals surface area contributed by atoms with Gasteiger partial charge < -0.3 is 0 Å². The highest BCUT2D eigenvalue weighted by atomic mass is 19.3. The van der Waals surface area contributed by atoms with Crippen LogP contribution in [0.1, 0.15) is 12.0 Å². The summed E-state index contributed by atoms with van der Waals surface area (Å²) in [7, 11) is 0. The molecule has 0 heterocycles. The van der Waals surface area contributed by atoms with Gasteiger partial charge in [0.2, 0.25) is 5.82 Å². The molecule has 2 aromatic rings. The molecule has 0 bridgehead atoms. The number of hydrogen-bond acceptors (Lipinski definition) is 0. The Morgan fingerprint density at radius 3 is 1.57 bits per heavy atom. The smallest absolute Gasteiger partial charge is 0.206 e. The third-order valence-electron chi connectivity index (χ3n) is 2.72. The first-order valence-electron chi connectivity index (χ1n) is 5.35. The van der Waals surface area contributed by atoms with Crippen LogP contribution >= 0.6 is 0 Å². The molecule has 0 amide bonds. The van der Waals surface area contributed by atoms with Crippen LogP contribution in [-0.4, -0.2) is 0 Å². The molecule has 0 nitrogen and oxygen atoms in total. The first-order chi connectivity index (χ1) is 9.75. The Labute approximate surface area is 112 Å². The summed E-state index contributed by atoms with van der Waals surface area (Å²) < 4.78 is 104. The molecule has 0 radical (unpaired) electrons. The lowest BCUT2D eigenvalue weighted by atomic mass is 10.0. The summed E-state index contributed by atoms with van der Waals surface area (Å²) in [6, 6.07) is 1.41. The van der Waals surface area contributed by atoms with Gasteiger partial charge in [-0.15, -0.1) is 0 Å². The zero-order valence-corrected chi connectivity index (χ0v) is 9.83. The molecule has 0 saturated carbocycles. The van der Waals surface area contributed by atoms with Crippen LogP contribution < -0.4 is 0 Å². The van der Waals surface area contributed by atoms with Crippen molar-refractivity contribution in [2.24, 2.45) is 0 Å². The van der Waals surface area contributed by atoms with Crippen LogP contribution in [0, 0.1) is 34.9 Å². The molecule has 0 aromatic heterocycles. The lowest BCUT2D eigenvalue weighted by Gasteiger charge is -2.10. The third-order valence-corrected chi connectivity index (χ3v) is 2.72. The topological polar surface area (TPSA) is 0 Å². The zero-order chi connectivity index (χ0) is 15.9. The Hall–Kier alpha value is -2.12. The van der Waals surface area contributed by atoms with Crippen LogP contribution in [-0.2, 0) is 0 Å². The van der Waals surface area contributed by atoms with E-state index in [9.17, 15) is 35.1 Å². The highest BCUT2D eigenvalue weighted by Gasteiger charge is 2.28. The number of halogens is 8. The van der Waals surface area contributed by atoms with Gasteiger partial charge in [0.15, 0.2) is 23.3 Å². The molecular weight excluding hydrogens is 308 g/mol. The second-order valence-corrected chi connectivity index (χ2v) is 3.98. The van der Waals surface area contributed by atoms with E-state index in [2.05, 4.69) is 0 Å². The van der Waals surface area contributed by atoms with Crippen molar-refractivity contribution in [2.75, 3.05) is 0 Å². The van der Waals surface area contributed by atoms with Crippen LogP contribution in [0.5, 0.6) is 0 Å². The van der Waals surface area contributed by atoms with Gasteiger partial charge in [0.05, 0.1) is 5.56 Å². The van der Waals surface area contributed by atoms with Gasteiger partial charge in [-0.05, 0) is 6.07 Å². The van der Waals surface area contributed by atoms with E-state index in [0.717, 1.165) is 0 Å². The Morgan fingerprint density at radius 2 is 1.14 bits per heavy atom. The van der Waals surface area contributed by atoms with E-state index in [0.29, 0.717) is 12.1 Å². The fraction of sp³-hybridized carbons (Fsp3) is 0.0769. The highest BCUT2D eigenvalue weighted by Crippen LogP contribution is 2.34. The monoisotopic (exact) mass is 312 g/mol. The summed E-state index contributed by atoms with van der Waals surface area (Å²) in [5.41, 5.74) is -3.31. The first-order valence-corrected chi connectivity index (χ1v) is 5.35. The molecule has 0 aliphatic rings. The van der Waals surface area contributed by atoms with Gasteiger partial charge in [0, 0.05) is 11.1 Å². The van der Waals surface area contributed by atoms with Gasteiger partial charge >= 0.3 is 0 Å². The number of hydrogen-bond donors (Lipinski definition) is 0. The van der Waals surface area contributed by atoms with E-state index in [1.54, 1.807) is 0 Å². The third kappa shape index (κ3) is 2.45. The summed E-state index contributed by atoms with van der Waals surface area (Å²) in [5.74, 6) is -12.9. The van der Waals surface area contributed by atoms with Crippen LogP contribution in [0.2, 0.25) is 0 Å². The maximum absolute atomic E-state index is 13.6. The molecule has 0 aliphatic carbocycles. The fourth-order valence-corrected chi connectivity index (χ4v) is 1.71. The minimum absolute atomic E-state index is 0.262. The standard InChI is InChI=1S/C13H4F8/c14-6-3-4(13(20)21)1-2-5(6)7-8(15)10(17)12(19)11(18)9(7)16/h1-3,13H. The molecule has 112 valence electrons. The lowest BCUT2D eigenvalue weighted by Crippen LogP contribution is -2.05. The number of rotatable bonds is 2. The molecule has 0 atom stereocenters. The van der Waals surface area contributed by atoms with Crippen LogP contribution in [0.25, 0.3) is 11.1 Å². The molecule has 8 heteroatoms. The average molecular weight is 312 g/mol. The Kier molecular flexibility index (Phi) is 3.89. The summed E-state index contributed by atoms with van der Waals surface area (Å²) >= 11 is 0. The molecule has 0 unspecified atom stereocenters. The largest absolute Gasteiger partial charge is 0.263 e. The van der Waals surface area contributed by atoms with Crippen LogP contribution in [0.4, 0.5) is 35.1 Å². The van der Waals surface area contributed by atoms with Crippen molar-refractivity contribution in [3.63, 3.8) is 0 Å². The van der Waals surface area contributed by atoms with E-state index in [-0.39, 0.29) is 6.07 Å². The second kappa shape index (κ2) is 5.34. The summed E-state index contributed by atoms with van der Waals surface area (Å²) in [5, 5.41) is 0. The molecule has 0 N–H and O–H groups in total. The van der Waals surface area contributed by atoms with Gasteiger partial charge in [-0.25, -0.2) is 35.1 Å². The average Bonchev–Trinajstić information content (AvgIpc) is 2.44. The zero-order valence-electron chi connectivity index (χ0n) is 9.83. The van der Waals surface area contributed by atoms with Crippen molar-refractivity contribution in [2.45, 2.75) is 6.43 Å². The molecule has 0 aliphatic heterocycles. The van der Waals surface area contributed by atoms with Crippen molar-refractivity contribution >= 4 is 0 Å². The van der Waals surface area contributed by atoms with E-state index in [1.807, 2.05) is 0 Å². The van der Waals surface area contributed by atoms with Crippen molar-refractivity contribution < 1.29 is 35.1 Å². The van der Waals surface area contributed by atoms with Gasteiger partial charge in [-0.1, -0.05) is 12.1 Å². The van der Waals surface area contributed by atoms with E-state index in [4.69, 9.17) is 0 Å². The lowest BCUT2D eigenvalue weighted by molar-refractivity contribution is 0.151. The maximum Gasteiger partial charge on any atom is 0.263 e. The second-order valence-electron chi connectivity index (χ2n) is 3.98. The minimum Gasteiger partial charge on any atom is -0.206 e. The summed E-state index contributed by atoms with van der Waals surface area (Å²) in [4.78, 5) is 0. The highest BCUT2D eigenvalue weighted by molar-refractivity contribution is 5.66. The normalized spacial score (nSPS) is 11.3. The van der Waals surface area contributed by atoms with E-state index >= 15 is 0 Å². The summed E-state index contributed by atoms with van der Waals surface area (Å²) in [6.45, 7) is 0. The molecule has 0 saturated heterocycles. The predicted molar refractivity (Wildman–Crippen MR) is 56.6 cm³/mol. The molecule has 2 aromatic carbocycles. The van der Waals surface area contributed by atoms with Gasteiger partial charge in [-0.2, -0.15) is 0 Å². The SMILES string of the molecule is Fc1cc(C(F)F)ccc1-c1c(F)c(F)c(F)c(F)c1F. The quantitative estimate of drug-likeness (QED) is 0.410. The van der Waals surface area contributed by atoms with Gasteiger partial charge in [0.25, 0.3) is 6.43 Å². The van der Waals surface area contributed by atoms with Crippen LogP contribution in [0.15, 0.2) is 18.2 Å². The van der Waals surface area contributed by atoms with Crippen molar-refractivity contribution in [3.05, 3.63) is 58.7 Å². The molecule has 2 rings (SSSR count). The minimum atomic E-state index is -3.05. The molecule has 21 heavy (non-hydrogen) atoms. The Bertz CT molecular complexity index is 679. The molecule has 0 fully saturated rings. The van der Waals surface area contributed by atoms with Crippen molar-refractivity contribution in [1.82, 2.24) is 0 Å². The number of alkyl halides is 2. The fourth-order valence-electron chi connectivity index (χ4n) is 1.71. The summed E-state index contributed by atoms with van der Waals surface area (Å²) in [6.07, 6.45) is -3.05. The van der Waals surface area contributed by atoms with Gasteiger partial charge in [-0.3, -0.25) is 0 Å². The molecular formula is C13H4F8. The Morgan fingerprint density at radius 1 is 0.667 bits per heavy atom. The first kappa shape index (κ1) is 15.3. The predicted octanol–water partition coefficient (Wildman–Crippen LogP) is 5.13. The Balaban J connectivity index is 2.74. The van der Waals surface area contributed by atoms with E-state index in [1.165, 1.54) is 0 Å². The van der Waals surface area contributed by atoms with Crippen LogP contribution in [0.3, 0.4) is 0 Å². The van der Waals surface area contributed by atoms with Crippen molar-refractivity contribution in [1.29, 1.82) is 0 Å². The maximum atomic E-state index is 13.6. The van der Waals surface area contributed by atoms with Gasteiger partial charge in [0.1, 0.15) is 5.82 Å². The number of benzene rings is 2.